The molecule has 0 fully saturated rings. The van der Waals surface area contributed by atoms with E-state index < -0.39 is 9.73 Å². The lowest BCUT2D eigenvalue weighted by molar-refractivity contribution is 0.266. The number of rotatable bonds is 5. The van der Waals surface area contributed by atoms with Crippen LogP contribution in [0, 0.1) is 11.3 Å². The van der Waals surface area contributed by atoms with Crippen LogP contribution in [0.25, 0.3) is 0 Å². The molecule has 0 saturated carbocycles. The molecule has 180 valence electrons. The molecule has 0 radical (unpaired) electrons. The van der Waals surface area contributed by atoms with Crippen molar-refractivity contribution in [2.45, 2.75) is 31.7 Å². The predicted molar refractivity (Wildman–Crippen MR) is 138 cm³/mol. The van der Waals surface area contributed by atoms with Crippen LogP contribution in [0.3, 0.4) is 0 Å². The topological polar surface area (TPSA) is 119 Å². The van der Waals surface area contributed by atoms with Crippen molar-refractivity contribution >= 4 is 38.8 Å². The summed E-state index contributed by atoms with van der Waals surface area (Å²) >= 11 is 0. The molecule has 0 bridgehead atoms. The van der Waals surface area contributed by atoms with Gasteiger partial charge in [0.25, 0.3) is 0 Å². The van der Waals surface area contributed by atoms with Crippen molar-refractivity contribution in [2.75, 3.05) is 36.7 Å². The van der Waals surface area contributed by atoms with E-state index in [1.807, 2.05) is 0 Å². The van der Waals surface area contributed by atoms with Gasteiger partial charge in [0.15, 0.2) is 11.6 Å². The monoisotopic (exact) mass is 488 g/mol. The van der Waals surface area contributed by atoms with E-state index in [9.17, 15) is 9.47 Å². The first-order valence-electron chi connectivity index (χ1n) is 11.6. The lowest BCUT2D eigenvalue weighted by Crippen LogP contribution is -2.33. The molecule has 2 aliphatic rings. The fourth-order valence-corrected chi connectivity index (χ4v) is 5.50. The fourth-order valence-electron chi connectivity index (χ4n) is 4.95. The number of hydrogen-bond acceptors (Lipinski definition) is 9. The van der Waals surface area contributed by atoms with E-state index >= 15 is 0 Å². The molecule has 9 nitrogen and oxygen atoms in total. The number of anilines is 4. The molecule has 0 saturated heterocycles. The summed E-state index contributed by atoms with van der Waals surface area (Å²) in [5.74, 6) is 2.14. The summed E-state index contributed by atoms with van der Waals surface area (Å²) < 4.78 is 16.2. The van der Waals surface area contributed by atoms with Gasteiger partial charge in [-0.2, -0.15) is 14.6 Å². The third kappa shape index (κ3) is 5.26. The molecule has 3 heterocycles. The summed E-state index contributed by atoms with van der Waals surface area (Å²) in [6.45, 7) is 2.06. The molecule has 1 atom stereocenters. The largest absolute Gasteiger partial charge is 0.324 e. The molecule has 0 spiro atoms. The number of nitrogens with one attached hydrogen (secondary N) is 2. The molecule has 5 rings (SSSR count). The SMILES string of the molecule is CN1Cc2cc(Nc3ncc(C#N)c(Nc4cccc(N=S(C)(C)=O)n4)n3)cc3c2[C@@H](CCC3)C1. The number of likely N-dealkylation sites (N-methyl/N-ethyl adjacent to an activating group) is 1. The number of pyridine rings is 1. The van der Waals surface area contributed by atoms with Crippen molar-refractivity contribution in [3.63, 3.8) is 0 Å². The number of nitriles is 1. The van der Waals surface area contributed by atoms with Gasteiger partial charge >= 0.3 is 0 Å². The summed E-state index contributed by atoms with van der Waals surface area (Å²) in [6.07, 6.45) is 8.15. The zero-order valence-electron chi connectivity index (χ0n) is 20.1. The summed E-state index contributed by atoms with van der Waals surface area (Å²) in [4.78, 5) is 15.7. The number of nitrogens with zero attached hydrogens (tertiary/aromatic N) is 6. The summed E-state index contributed by atoms with van der Waals surface area (Å²) in [5.41, 5.74) is 5.55. The average Bonchev–Trinajstić information content (AvgIpc) is 2.78. The first-order chi connectivity index (χ1) is 16.8. The smallest absolute Gasteiger partial charge is 0.229 e. The zero-order valence-corrected chi connectivity index (χ0v) is 20.9. The Bertz CT molecular complexity index is 1450. The van der Waals surface area contributed by atoms with Crippen LogP contribution in [0.5, 0.6) is 0 Å². The van der Waals surface area contributed by atoms with Gasteiger partial charge in [-0.3, -0.25) is 0 Å². The van der Waals surface area contributed by atoms with Crippen LogP contribution in [-0.4, -0.2) is 50.2 Å². The van der Waals surface area contributed by atoms with Crippen LogP contribution in [0.15, 0.2) is 40.9 Å². The van der Waals surface area contributed by atoms with Gasteiger partial charge in [-0.1, -0.05) is 6.07 Å². The minimum atomic E-state index is -2.34. The molecule has 1 aromatic carbocycles. The second-order valence-electron chi connectivity index (χ2n) is 9.47. The van der Waals surface area contributed by atoms with Gasteiger partial charge in [0.05, 0.1) is 6.20 Å². The molecular weight excluding hydrogens is 460 g/mol. The molecule has 35 heavy (non-hydrogen) atoms. The lowest BCUT2D eigenvalue weighted by atomic mass is 9.77. The average molecular weight is 489 g/mol. The van der Waals surface area contributed by atoms with E-state index in [1.54, 1.807) is 30.7 Å². The Kier molecular flexibility index (Phi) is 6.13. The highest BCUT2D eigenvalue weighted by Gasteiger charge is 2.29. The van der Waals surface area contributed by atoms with Crippen molar-refractivity contribution < 1.29 is 4.21 Å². The minimum Gasteiger partial charge on any atom is -0.324 e. The highest BCUT2D eigenvalue weighted by Crippen LogP contribution is 2.40. The van der Waals surface area contributed by atoms with Crippen molar-refractivity contribution in [1.29, 1.82) is 5.26 Å². The van der Waals surface area contributed by atoms with Crippen molar-refractivity contribution in [3.05, 3.63) is 58.8 Å². The first-order valence-corrected chi connectivity index (χ1v) is 13.9. The molecule has 3 aromatic rings. The minimum absolute atomic E-state index is 0.291. The summed E-state index contributed by atoms with van der Waals surface area (Å²) in [7, 11) is -0.167. The zero-order chi connectivity index (χ0) is 24.6. The first kappa shape index (κ1) is 23.2. The van der Waals surface area contributed by atoms with Crippen LogP contribution < -0.4 is 10.6 Å². The van der Waals surface area contributed by atoms with E-state index in [-0.39, 0.29) is 0 Å². The number of hydrogen-bond donors (Lipinski definition) is 2. The molecule has 0 amide bonds. The molecule has 1 aliphatic heterocycles. The second-order valence-corrected chi connectivity index (χ2v) is 12.0. The third-order valence-corrected chi connectivity index (χ3v) is 6.82. The molecule has 2 aromatic heterocycles. The van der Waals surface area contributed by atoms with Gasteiger partial charge in [-0.05, 0) is 73.2 Å². The Morgan fingerprint density at radius 1 is 1.20 bits per heavy atom. The summed E-state index contributed by atoms with van der Waals surface area (Å²) in [6, 6.07) is 11.7. The predicted octanol–water partition coefficient (Wildman–Crippen LogP) is 4.45. The Morgan fingerprint density at radius 2 is 2.03 bits per heavy atom. The van der Waals surface area contributed by atoms with E-state index in [2.05, 4.69) is 60.1 Å². The van der Waals surface area contributed by atoms with Gasteiger partial charge in [0.2, 0.25) is 5.95 Å². The Hall–Kier alpha value is -3.55. The normalized spacial score (nSPS) is 17.3. The second kappa shape index (κ2) is 9.24. The Morgan fingerprint density at radius 3 is 2.83 bits per heavy atom. The highest BCUT2D eigenvalue weighted by atomic mass is 32.2. The van der Waals surface area contributed by atoms with Crippen LogP contribution in [0.2, 0.25) is 0 Å². The molecular formula is C25H28N8OS. The third-order valence-electron chi connectivity index (χ3n) is 6.19. The Labute approximate surface area is 205 Å². The van der Waals surface area contributed by atoms with Crippen molar-refractivity contribution in [1.82, 2.24) is 19.9 Å². The maximum Gasteiger partial charge on any atom is 0.229 e. The molecule has 2 N–H and O–H groups in total. The van der Waals surface area contributed by atoms with Gasteiger partial charge < -0.3 is 15.5 Å². The van der Waals surface area contributed by atoms with Crippen LogP contribution in [-0.2, 0) is 22.7 Å². The van der Waals surface area contributed by atoms with Gasteiger partial charge in [0.1, 0.15) is 17.5 Å². The van der Waals surface area contributed by atoms with E-state index in [0.717, 1.165) is 25.2 Å². The maximum atomic E-state index is 12.0. The summed E-state index contributed by atoms with van der Waals surface area (Å²) in [5, 5.41) is 16.0. The number of benzene rings is 1. The van der Waals surface area contributed by atoms with Gasteiger partial charge in [-0.15, -0.1) is 0 Å². The van der Waals surface area contributed by atoms with Crippen LogP contribution in [0.1, 0.15) is 41.0 Å². The standard InChI is InChI=1S/C25H28N8OS/c1-33-14-17-7-4-6-16-10-20(11-18(15-33)23(16)17)28-25-27-13-19(12-26)24(31-25)30-21-8-5-9-22(29-21)32-35(2,3)34/h5,8-11,13,17H,4,6-7,14-15H2,1-3H3,(H2,27,28,29,30,31)/t17-/m0/s1. The highest BCUT2D eigenvalue weighted by molar-refractivity contribution is 7.92. The molecule has 10 heteroatoms. The maximum absolute atomic E-state index is 12.0. The van der Waals surface area contributed by atoms with E-state index in [4.69, 9.17) is 0 Å². The number of aryl methyl sites for hydroxylation is 1. The Balaban J connectivity index is 1.44. The molecule has 0 unspecified atom stereocenters. The van der Waals surface area contributed by atoms with Crippen molar-refractivity contribution in [2.24, 2.45) is 4.36 Å². The van der Waals surface area contributed by atoms with Crippen molar-refractivity contribution in [3.8, 4) is 6.07 Å². The van der Waals surface area contributed by atoms with Crippen LogP contribution >= 0.6 is 0 Å². The molecule has 1 aliphatic carbocycles. The number of aromatic nitrogens is 3. The van der Waals surface area contributed by atoms with Crippen LogP contribution in [0.4, 0.5) is 29.1 Å². The quantitative estimate of drug-likeness (QED) is 0.540. The van der Waals surface area contributed by atoms with Gasteiger partial charge in [0, 0.05) is 41.0 Å². The fraction of sp³-hybridized carbons (Fsp3) is 0.360. The lowest BCUT2D eigenvalue weighted by Gasteiger charge is -2.37. The van der Waals surface area contributed by atoms with E-state index in [0.29, 0.717) is 34.9 Å². The van der Waals surface area contributed by atoms with Gasteiger partial charge in [-0.25, -0.2) is 14.2 Å². The van der Waals surface area contributed by atoms with E-state index in [1.165, 1.54) is 35.7 Å².